The van der Waals surface area contributed by atoms with E-state index >= 15 is 0 Å². The Balaban J connectivity index is 0.00000196. The molecule has 0 amide bonds. The molecule has 1 N–H and O–H groups in total. The van der Waals surface area contributed by atoms with E-state index in [-0.39, 0.29) is 12.4 Å². The van der Waals surface area contributed by atoms with E-state index in [0.29, 0.717) is 0 Å². The molecule has 1 heterocycles. The molecule has 15 heavy (non-hydrogen) atoms. The lowest BCUT2D eigenvalue weighted by atomic mass is 10.3. The zero-order valence-corrected chi connectivity index (χ0v) is 10.5. The van der Waals surface area contributed by atoms with Gasteiger partial charge in [0.1, 0.15) is 11.6 Å². The normalized spacial score (nSPS) is 9.53. The summed E-state index contributed by atoms with van der Waals surface area (Å²) in [7, 11) is 0. The second-order valence-corrected chi connectivity index (χ2v) is 3.49. The number of hydrogen-bond donors (Lipinski definition) is 1. The number of aromatic nitrogens is 2. The van der Waals surface area contributed by atoms with E-state index in [9.17, 15) is 0 Å². The van der Waals surface area contributed by atoms with Gasteiger partial charge in [-0.15, -0.1) is 12.4 Å². The van der Waals surface area contributed by atoms with Crippen molar-refractivity contribution in [3.63, 3.8) is 0 Å². The number of nitrogens with zero attached hydrogens (tertiary/aromatic N) is 2. The first-order chi connectivity index (χ1) is 6.76. The van der Waals surface area contributed by atoms with Crippen molar-refractivity contribution in [3.05, 3.63) is 17.6 Å². The SMILES string of the molecule is CCCNc1cc(C)nc(CCC)n1.Cl. The standard InChI is InChI=1S/C11H19N3.ClH/c1-4-6-10-13-9(3)8-11(14-10)12-7-5-2;/h8H,4-7H2,1-3H3,(H,12,13,14);1H. The molecule has 0 aromatic carbocycles. The fourth-order valence-corrected chi connectivity index (χ4v) is 1.31. The topological polar surface area (TPSA) is 37.8 Å². The third-order valence-electron chi connectivity index (χ3n) is 1.93. The van der Waals surface area contributed by atoms with Crippen LogP contribution in [0.4, 0.5) is 5.82 Å². The molecule has 0 aliphatic heterocycles. The molecule has 1 aromatic heterocycles. The largest absolute Gasteiger partial charge is 0.370 e. The van der Waals surface area contributed by atoms with Crippen molar-refractivity contribution in [2.75, 3.05) is 11.9 Å². The van der Waals surface area contributed by atoms with Gasteiger partial charge in [0.25, 0.3) is 0 Å². The first-order valence-corrected chi connectivity index (χ1v) is 5.34. The Hall–Kier alpha value is -0.830. The van der Waals surface area contributed by atoms with Crippen LogP contribution in [0.2, 0.25) is 0 Å². The summed E-state index contributed by atoms with van der Waals surface area (Å²) in [6.07, 6.45) is 3.17. The van der Waals surface area contributed by atoms with E-state index in [1.54, 1.807) is 0 Å². The van der Waals surface area contributed by atoms with Gasteiger partial charge in [-0.25, -0.2) is 9.97 Å². The molecule has 0 saturated carbocycles. The molecule has 86 valence electrons. The summed E-state index contributed by atoms with van der Waals surface area (Å²) in [6, 6.07) is 1.99. The maximum atomic E-state index is 4.44. The number of anilines is 1. The summed E-state index contributed by atoms with van der Waals surface area (Å²) < 4.78 is 0. The highest BCUT2D eigenvalue weighted by Crippen LogP contribution is 2.07. The molecule has 0 atom stereocenters. The van der Waals surface area contributed by atoms with Gasteiger partial charge in [0.05, 0.1) is 0 Å². The molecule has 0 aliphatic carbocycles. The van der Waals surface area contributed by atoms with Crippen LogP contribution in [-0.4, -0.2) is 16.5 Å². The molecule has 0 spiro atoms. The van der Waals surface area contributed by atoms with E-state index < -0.39 is 0 Å². The van der Waals surface area contributed by atoms with Gasteiger partial charge in [-0.2, -0.15) is 0 Å². The van der Waals surface area contributed by atoms with Crippen molar-refractivity contribution in [2.45, 2.75) is 40.0 Å². The minimum atomic E-state index is 0. The highest BCUT2D eigenvalue weighted by atomic mass is 35.5. The van der Waals surface area contributed by atoms with Crippen LogP contribution >= 0.6 is 12.4 Å². The van der Waals surface area contributed by atoms with Crippen LogP contribution in [0.1, 0.15) is 38.2 Å². The second kappa shape index (κ2) is 7.46. The summed E-state index contributed by atoms with van der Waals surface area (Å²) in [5.41, 5.74) is 1.04. The zero-order chi connectivity index (χ0) is 10.4. The van der Waals surface area contributed by atoms with Crippen molar-refractivity contribution < 1.29 is 0 Å². The fraction of sp³-hybridized carbons (Fsp3) is 0.636. The van der Waals surface area contributed by atoms with Crippen molar-refractivity contribution in [3.8, 4) is 0 Å². The van der Waals surface area contributed by atoms with Gasteiger partial charge >= 0.3 is 0 Å². The Bertz CT molecular complexity index is 289. The van der Waals surface area contributed by atoms with Crippen LogP contribution in [0.3, 0.4) is 0 Å². The Morgan fingerprint density at radius 2 is 1.93 bits per heavy atom. The number of hydrogen-bond acceptors (Lipinski definition) is 3. The van der Waals surface area contributed by atoms with Crippen LogP contribution in [0.5, 0.6) is 0 Å². The summed E-state index contributed by atoms with van der Waals surface area (Å²) in [6.45, 7) is 7.28. The number of halogens is 1. The summed E-state index contributed by atoms with van der Waals surface area (Å²) in [5, 5.41) is 3.28. The van der Waals surface area contributed by atoms with Crippen molar-refractivity contribution in [1.29, 1.82) is 0 Å². The van der Waals surface area contributed by atoms with E-state index in [0.717, 1.165) is 43.1 Å². The quantitative estimate of drug-likeness (QED) is 0.844. The van der Waals surface area contributed by atoms with Crippen LogP contribution in [0, 0.1) is 6.92 Å². The van der Waals surface area contributed by atoms with Crippen LogP contribution in [0.25, 0.3) is 0 Å². The average Bonchev–Trinajstić information content (AvgIpc) is 2.14. The van der Waals surface area contributed by atoms with Crippen molar-refractivity contribution in [1.82, 2.24) is 9.97 Å². The van der Waals surface area contributed by atoms with E-state index in [2.05, 4.69) is 29.1 Å². The molecule has 3 nitrogen and oxygen atoms in total. The van der Waals surface area contributed by atoms with Gasteiger partial charge in [0, 0.05) is 24.7 Å². The van der Waals surface area contributed by atoms with Gasteiger partial charge < -0.3 is 5.32 Å². The third-order valence-corrected chi connectivity index (χ3v) is 1.93. The lowest BCUT2D eigenvalue weighted by Gasteiger charge is -2.06. The molecular formula is C11H20ClN3. The molecule has 0 saturated heterocycles. The minimum Gasteiger partial charge on any atom is -0.370 e. The molecule has 1 rings (SSSR count). The van der Waals surface area contributed by atoms with Gasteiger partial charge in [0.2, 0.25) is 0 Å². The average molecular weight is 230 g/mol. The van der Waals surface area contributed by atoms with E-state index in [1.165, 1.54) is 0 Å². The molecule has 1 aromatic rings. The van der Waals surface area contributed by atoms with Crippen LogP contribution in [-0.2, 0) is 6.42 Å². The number of rotatable bonds is 5. The van der Waals surface area contributed by atoms with Crippen LogP contribution in [0.15, 0.2) is 6.07 Å². The Labute approximate surface area is 98.1 Å². The van der Waals surface area contributed by atoms with Gasteiger partial charge in [-0.05, 0) is 19.8 Å². The van der Waals surface area contributed by atoms with Crippen molar-refractivity contribution >= 4 is 18.2 Å². The predicted molar refractivity (Wildman–Crippen MR) is 66.8 cm³/mol. The lowest BCUT2D eigenvalue weighted by Crippen LogP contribution is -2.06. The predicted octanol–water partition coefficient (Wildman–Crippen LogP) is 2.98. The molecule has 0 radical (unpaired) electrons. The Morgan fingerprint density at radius 3 is 2.53 bits per heavy atom. The Morgan fingerprint density at radius 1 is 1.20 bits per heavy atom. The molecular weight excluding hydrogens is 210 g/mol. The first-order valence-electron chi connectivity index (χ1n) is 5.34. The summed E-state index contributed by atoms with van der Waals surface area (Å²) >= 11 is 0. The summed E-state index contributed by atoms with van der Waals surface area (Å²) in [5.74, 6) is 1.91. The molecule has 0 aliphatic rings. The zero-order valence-electron chi connectivity index (χ0n) is 9.71. The maximum Gasteiger partial charge on any atom is 0.130 e. The fourth-order valence-electron chi connectivity index (χ4n) is 1.31. The van der Waals surface area contributed by atoms with Gasteiger partial charge in [-0.3, -0.25) is 0 Å². The summed E-state index contributed by atoms with van der Waals surface area (Å²) in [4.78, 5) is 8.82. The highest BCUT2D eigenvalue weighted by molar-refractivity contribution is 5.85. The monoisotopic (exact) mass is 229 g/mol. The molecule has 4 heteroatoms. The van der Waals surface area contributed by atoms with Gasteiger partial charge in [0.15, 0.2) is 0 Å². The molecule has 0 fully saturated rings. The van der Waals surface area contributed by atoms with Gasteiger partial charge in [-0.1, -0.05) is 13.8 Å². The highest BCUT2D eigenvalue weighted by Gasteiger charge is 2.00. The van der Waals surface area contributed by atoms with Crippen molar-refractivity contribution in [2.24, 2.45) is 0 Å². The van der Waals surface area contributed by atoms with E-state index in [4.69, 9.17) is 0 Å². The molecule has 0 bridgehead atoms. The third kappa shape index (κ3) is 4.98. The smallest absolute Gasteiger partial charge is 0.130 e. The first kappa shape index (κ1) is 14.2. The lowest BCUT2D eigenvalue weighted by molar-refractivity contribution is 0.822. The number of nitrogens with one attached hydrogen (secondary N) is 1. The Kier molecular flexibility index (Phi) is 7.05. The number of aryl methyl sites for hydroxylation is 2. The molecule has 0 unspecified atom stereocenters. The maximum absolute atomic E-state index is 4.44. The van der Waals surface area contributed by atoms with Crippen LogP contribution < -0.4 is 5.32 Å². The minimum absolute atomic E-state index is 0. The second-order valence-electron chi connectivity index (χ2n) is 3.49. The van der Waals surface area contributed by atoms with E-state index in [1.807, 2.05) is 13.0 Å².